The van der Waals surface area contributed by atoms with E-state index in [9.17, 15) is 0 Å². The van der Waals surface area contributed by atoms with Crippen molar-refractivity contribution in [3.05, 3.63) is 23.2 Å². The van der Waals surface area contributed by atoms with Crippen LogP contribution in [0, 0.1) is 11.8 Å². The molecule has 0 saturated carbocycles. The van der Waals surface area contributed by atoms with Gasteiger partial charge in [-0.3, -0.25) is 5.10 Å². The molecule has 0 aliphatic carbocycles. The van der Waals surface area contributed by atoms with Gasteiger partial charge in [0, 0.05) is 5.02 Å². The highest BCUT2D eigenvalue weighted by Crippen LogP contribution is 2.30. The summed E-state index contributed by atoms with van der Waals surface area (Å²) in [5, 5.41) is 8.29. The Morgan fingerprint density at radius 2 is 2.32 bits per heavy atom. The molecule has 0 bridgehead atoms. The predicted molar refractivity (Wildman–Crippen MR) is 77.6 cm³/mol. The molecular formula is C13H12ClN3OS. The average Bonchev–Trinajstić information content (AvgIpc) is 2.88. The molecule has 0 spiro atoms. The highest BCUT2D eigenvalue weighted by atomic mass is 35.5. The quantitative estimate of drug-likeness (QED) is 0.694. The summed E-state index contributed by atoms with van der Waals surface area (Å²) < 4.78 is 5.29. The zero-order chi connectivity index (χ0) is 13.7. The predicted octanol–water partition coefficient (Wildman–Crippen LogP) is 3.25. The van der Waals surface area contributed by atoms with E-state index in [0.29, 0.717) is 27.5 Å². The molecule has 4 nitrogen and oxygen atoms in total. The summed E-state index contributed by atoms with van der Waals surface area (Å²) in [6.45, 7) is 1.81. The van der Waals surface area contributed by atoms with E-state index in [-0.39, 0.29) is 0 Å². The second-order valence-electron chi connectivity index (χ2n) is 3.53. The van der Waals surface area contributed by atoms with Gasteiger partial charge in [0.05, 0.1) is 18.4 Å². The minimum Gasteiger partial charge on any atom is -0.496 e. The maximum Gasteiger partial charge on any atom is 0.209 e. The third-order valence-corrected chi connectivity index (χ3v) is 3.30. The molecule has 19 heavy (non-hydrogen) atoms. The third-order valence-electron chi connectivity index (χ3n) is 2.33. The number of rotatable bonds is 4. The lowest BCUT2D eigenvalue weighted by molar-refractivity contribution is 0.416. The van der Waals surface area contributed by atoms with Gasteiger partial charge in [-0.15, -0.1) is 11.0 Å². The Bertz CT molecular complexity index is 630. The molecule has 1 aromatic carbocycles. The Morgan fingerprint density at radius 1 is 1.47 bits per heavy atom. The van der Waals surface area contributed by atoms with Crippen molar-refractivity contribution < 1.29 is 4.74 Å². The summed E-state index contributed by atoms with van der Waals surface area (Å²) in [4.78, 5) is 4.39. The Hall–Kier alpha value is -1.64. The molecule has 0 amide bonds. The maximum absolute atomic E-state index is 5.99. The monoisotopic (exact) mass is 293 g/mol. The van der Waals surface area contributed by atoms with Crippen LogP contribution in [0.4, 0.5) is 0 Å². The van der Waals surface area contributed by atoms with Crippen molar-refractivity contribution in [1.29, 1.82) is 0 Å². The Balaban J connectivity index is 2.26. The molecule has 0 radical (unpaired) electrons. The van der Waals surface area contributed by atoms with E-state index in [2.05, 4.69) is 27.0 Å². The first-order chi connectivity index (χ1) is 9.24. The molecule has 0 fully saturated rings. The Morgan fingerprint density at radius 3 is 3.05 bits per heavy atom. The highest BCUT2D eigenvalue weighted by Gasteiger charge is 2.11. The summed E-state index contributed by atoms with van der Waals surface area (Å²) in [5.74, 6) is 7.78. The lowest BCUT2D eigenvalue weighted by Crippen LogP contribution is -1.89. The van der Waals surface area contributed by atoms with Gasteiger partial charge < -0.3 is 4.74 Å². The number of aromatic amines is 1. The van der Waals surface area contributed by atoms with Gasteiger partial charge in [0.25, 0.3) is 0 Å². The standard InChI is InChI=1S/C13H12ClN3OS/c1-3-4-7-19-13-15-12(16-17-13)10-8-9(14)5-6-11(10)18-2/h5-6,8H,7H2,1-2H3,(H,15,16,17). The van der Waals surface area contributed by atoms with Crippen LogP contribution in [0.15, 0.2) is 23.4 Å². The zero-order valence-corrected chi connectivity index (χ0v) is 12.1. The van der Waals surface area contributed by atoms with Gasteiger partial charge in [0.2, 0.25) is 5.16 Å². The van der Waals surface area contributed by atoms with Gasteiger partial charge in [0.1, 0.15) is 5.75 Å². The number of hydrogen-bond acceptors (Lipinski definition) is 4. The van der Waals surface area contributed by atoms with Crippen LogP contribution in [-0.2, 0) is 0 Å². The summed E-state index contributed by atoms with van der Waals surface area (Å²) >= 11 is 7.47. The molecule has 0 unspecified atom stereocenters. The van der Waals surface area contributed by atoms with Crippen molar-refractivity contribution in [2.45, 2.75) is 12.1 Å². The molecular weight excluding hydrogens is 282 g/mol. The topological polar surface area (TPSA) is 50.8 Å². The van der Waals surface area contributed by atoms with Crippen LogP contribution in [0.25, 0.3) is 11.4 Å². The van der Waals surface area contributed by atoms with Crippen LogP contribution < -0.4 is 4.74 Å². The number of ether oxygens (including phenoxy) is 1. The lowest BCUT2D eigenvalue weighted by Gasteiger charge is -2.05. The number of aromatic nitrogens is 3. The van der Waals surface area contributed by atoms with Crippen molar-refractivity contribution in [3.8, 4) is 29.0 Å². The van der Waals surface area contributed by atoms with Crippen LogP contribution in [0.3, 0.4) is 0 Å². The van der Waals surface area contributed by atoms with Gasteiger partial charge >= 0.3 is 0 Å². The van der Waals surface area contributed by atoms with Crippen molar-refractivity contribution in [2.24, 2.45) is 0 Å². The van der Waals surface area contributed by atoms with Crippen LogP contribution in [-0.4, -0.2) is 28.0 Å². The van der Waals surface area contributed by atoms with E-state index in [1.807, 2.05) is 0 Å². The zero-order valence-electron chi connectivity index (χ0n) is 10.5. The smallest absolute Gasteiger partial charge is 0.209 e. The summed E-state index contributed by atoms with van der Waals surface area (Å²) in [5.41, 5.74) is 0.788. The molecule has 1 aromatic heterocycles. The number of halogens is 1. The first kappa shape index (κ1) is 13.8. The molecule has 0 aliphatic heterocycles. The number of H-pyrrole nitrogens is 1. The van der Waals surface area contributed by atoms with Gasteiger partial charge in [-0.05, 0) is 25.1 Å². The number of hydrogen-bond donors (Lipinski definition) is 1. The molecule has 0 saturated heterocycles. The number of benzene rings is 1. The number of nitrogens with zero attached hydrogens (tertiary/aromatic N) is 2. The lowest BCUT2D eigenvalue weighted by atomic mass is 10.2. The Labute approximate surface area is 120 Å². The molecule has 0 atom stereocenters. The van der Waals surface area contributed by atoms with E-state index in [1.54, 1.807) is 32.2 Å². The molecule has 1 heterocycles. The molecule has 0 aliphatic rings. The summed E-state index contributed by atoms with van der Waals surface area (Å²) in [6.07, 6.45) is 0. The van der Waals surface area contributed by atoms with Crippen molar-refractivity contribution >= 4 is 23.4 Å². The van der Waals surface area contributed by atoms with E-state index in [0.717, 1.165) is 5.56 Å². The van der Waals surface area contributed by atoms with E-state index >= 15 is 0 Å². The minimum absolute atomic E-state index is 0.623. The maximum atomic E-state index is 5.99. The van der Waals surface area contributed by atoms with Gasteiger partial charge in [-0.1, -0.05) is 29.3 Å². The molecule has 1 N–H and O–H groups in total. The highest BCUT2D eigenvalue weighted by molar-refractivity contribution is 7.99. The molecule has 6 heteroatoms. The van der Waals surface area contributed by atoms with E-state index in [1.165, 1.54) is 11.8 Å². The van der Waals surface area contributed by atoms with Crippen LogP contribution in [0.2, 0.25) is 5.02 Å². The van der Waals surface area contributed by atoms with Crippen molar-refractivity contribution in [2.75, 3.05) is 12.9 Å². The summed E-state index contributed by atoms with van der Waals surface area (Å²) in [6, 6.07) is 5.36. The van der Waals surface area contributed by atoms with Gasteiger partial charge in [-0.2, -0.15) is 0 Å². The van der Waals surface area contributed by atoms with E-state index in [4.69, 9.17) is 16.3 Å². The molecule has 2 rings (SSSR count). The molecule has 98 valence electrons. The summed E-state index contributed by atoms with van der Waals surface area (Å²) in [7, 11) is 1.61. The number of nitrogens with one attached hydrogen (secondary N) is 1. The fraction of sp³-hybridized carbons (Fsp3) is 0.231. The van der Waals surface area contributed by atoms with Crippen LogP contribution >= 0.6 is 23.4 Å². The normalized spacial score (nSPS) is 9.84. The largest absolute Gasteiger partial charge is 0.496 e. The first-order valence-electron chi connectivity index (χ1n) is 5.53. The third kappa shape index (κ3) is 3.43. The van der Waals surface area contributed by atoms with Crippen molar-refractivity contribution in [1.82, 2.24) is 15.2 Å². The first-order valence-corrected chi connectivity index (χ1v) is 6.89. The molecule has 2 aromatic rings. The fourth-order valence-electron chi connectivity index (χ4n) is 1.47. The minimum atomic E-state index is 0.623. The fourth-order valence-corrected chi connectivity index (χ4v) is 2.25. The second kappa shape index (κ2) is 6.50. The Kier molecular flexibility index (Phi) is 4.72. The van der Waals surface area contributed by atoms with Crippen LogP contribution in [0.5, 0.6) is 5.75 Å². The van der Waals surface area contributed by atoms with Crippen molar-refractivity contribution in [3.63, 3.8) is 0 Å². The van der Waals surface area contributed by atoms with Gasteiger partial charge in [-0.25, -0.2) is 4.98 Å². The van der Waals surface area contributed by atoms with Gasteiger partial charge in [0.15, 0.2) is 5.82 Å². The van der Waals surface area contributed by atoms with E-state index < -0.39 is 0 Å². The average molecular weight is 294 g/mol. The SMILES string of the molecule is CC#CCSc1n[nH]c(-c2cc(Cl)ccc2OC)n1. The second-order valence-corrected chi connectivity index (χ2v) is 4.91. The van der Waals surface area contributed by atoms with Crippen LogP contribution in [0.1, 0.15) is 6.92 Å². The number of methoxy groups -OCH3 is 1. The number of thioether (sulfide) groups is 1.